The topological polar surface area (TPSA) is 63.0 Å². The first kappa shape index (κ1) is 16.4. The summed E-state index contributed by atoms with van der Waals surface area (Å²) in [6.07, 6.45) is -1.63. The molecule has 0 spiro atoms. The quantitative estimate of drug-likeness (QED) is 0.883. The Balaban J connectivity index is 2.37. The summed E-state index contributed by atoms with van der Waals surface area (Å²) >= 11 is 0. The van der Waals surface area contributed by atoms with Gasteiger partial charge in [0.1, 0.15) is 18.3 Å². The highest BCUT2D eigenvalue weighted by molar-refractivity contribution is 5.30. The summed E-state index contributed by atoms with van der Waals surface area (Å²) < 4.78 is 39.4. The maximum Gasteiger partial charge on any atom is 0.416 e. The standard InChI is InChI=1S/C14H17F3N4O/c1-10(18-2)13(22,7-21-9-19-8-20-21)11-3-5-12(6-4-11)14(15,16)17/h3-6,8-10,18,22H,7H2,1-2H3. The summed E-state index contributed by atoms with van der Waals surface area (Å²) in [5, 5.41) is 17.8. The Morgan fingerprint density at radius 3 is 2.27 bits per heavy atom. The van der Waals surface area contributed by atoms with Crippen molar-refractivity contribution >= 4 is 0 Å². The zero-order valence-electron chi connectivity index (χ0n) is 12.2. The van der Waals surface area contributed by atoms with Gasteiger partial charge in [-0.25, -0.2) is 9.67 Å². The minimum Gasteiger partial charge on any atom is -0.382 e. The molecule has 1 heterocycles. The summed E-state index contributed by atoms with van der Waals surface area (Å²) in [6.45, 7) is 1.81. The first-order chi connectivity index (χ1) is 10.3. The summed E-state index contributed by atoms with van der Waals surface area (Å²) in [7, 11) is 1.67. The highest BCUT2D eigenvalue weighted by Crippen LogP contribution is 2.32. The van der Waals surface area contributed by atoms with E-state index in [1.165, 1.54) is 29.5 Å². The molecule has 0 aliphatic carbocycles. The average molecular weight is 314 g/mol. The number of halogens is 3. The number of benzene rings is 1. The van der Waals surface area contributed by atoms with Gasteiger partial charge in [0.25, 0.3) is 0 Å². The number of nitrogens with zero attached hydrogens (tertiary/aromatic N) is 3. The van der Waals surface area contributed by atoms with Crippen LogP contribution in [0.15, 0.2) is 36.9 Å². The Labute approximate surface area is 125 Å². The molecule has 0 aliphatic rings. The van der Waals surface area contributed by atoms with E-state index in [2.05, 4.69) is 15.4 Å². The molecule has 0 amide bonds. The molecular weight excluding hydrogens is 297 g/mol. The van der Waals surface area contributed by atoms with Crippen LogP contribution in [0.2, 0.25) is 0 Å². The van der Waals surface area contributed by atoms with E-state index in [-0.39, 0.29) is 6.54 Å². The molecule has 120 valence electrons. The van der Waals surface area contributed by atoms with Gasteiger partial charge in [-0.3, -0.25) is 0 Å². The molecule has 1 aromatic carbocycles. The van der Waals surface area contributed by atoms with Gasteiger partial charge in [0, 0.05) is 6.04 Å². The van der Waals surface area contributed by atoms with Crippen molar-refractivity contribution in [1.82, 2.24) is 20.1 Å². The fraction of sp³-hybridized carbons (Fsp3) is 0.429. The minimum absolute atomic E-state index is 0.0698. The van der Waals surface area contributed by atoms with E-state index in [4.69, 9.17) is 0 Å². The van der Waals surface area contributed by atoms with Gasteiger partial charge < -0.3 is 10.4 Å². The van der Waals surface area contributed by atoms with E-state index >= 15 is 0 Å². The lowest BCUT2D eigenvalue weighted by Gasteiger charge is -2.34. The van der Waals surface area contributed by atoms with E-state index in [0.29, 0.717) is 5.56 Å². The number of aliphatic hydroxyl groups is 1. The maximum absolute atomic E-state index is 12.6. The normalized spacial score (nSPS) is 16.3. The third-order valence-electron chi connectivity index (χ3n) is 3.73. The molecule has 22 heavy (non-hydrogen) atoms. The summed E-state index contributed by atoms with van der Waals surface area (Å²) in [5.74, 6) is 0. The second kappa shape index (κ2) is 6.05. The smallest absolute Gasteiger partial charge is 0.382 e. The summed E-state index contributed by atoms with van der Waals surface area (Å²) in [5.41, 5.74) is -1.80. The molecule has 0 bridgehead atoms. The molecule has 0 fully saturated rings. The molecule has 0 radical (unpaired) electrons. The molecular formula is C14H17F3N4O. The van der Waals surface area contributed by atoms with Crippen LogP contribution >= 0.6 is 0 Å². The van der Waals surface area contributed by atoms with Crippen molar-refractivity contribution in [1.29, 1.82) is 0 Å². The lowest BCUT2D eigenvalue weighted by atomic mass is 9.86. The van der Waals surface area contributed by atoms with Gasteiger partial charge in [0.2, 0.25) is 0 Å². The van der Waals surface area contributed by atoms with Crippen molar-refractivity contribution in [2.45, 2.75) is 31.3 Å². The molecule has 2 atom stereocenters. The molecule has 8 heteroatoms. The van der Waals surface area contributed by atoms with Crippen LogP contribution in [-0.4, -0.2) is 33.0 Å². The van der Waals surface area contributed by atoms with Crippen LogP contribution in [0.5, 0.6) is 0 Å². The molecule has 0 saturated carbocycles. The number of hydrogen-bond acceptors (Lipinski definition) is 4. The fourth-order valence-corrected chi connectivity index (χ4v) is 2.23. The molecule has 1 aromatic heterocycles. The molecule has 2 aromatic rings. The highest BCUT2D eigenvalue weighted by atomic mass is 19.4. The van der Waals surface area contributed by atoms with Crippen LogP contribution in [0.3, 0.4) is 0 Å². The van der Waals surface area contributed by atoms with Crippen molar-refractivity contribution in [3.05, 3.63) is 48.0 Å². The Bertz CT molecular complexity index is 598. The van der Waals surface area contributed by atoms with Crippen molar-refractivity contribution in [3.63, 3.8) is 0 Å². The second-order valence-corrected chi connectivity index (χ2v) is 5.10. The van der Waals surface area contributed by atoms with E-state index in [1.807, 2.05) is 0 Å². The number of hydrogen-bond donors (Lipinski definition) is 2. The number of rotatable bonds is 5. The van der Waals surface area contributed by atoms with Crippen LogP contribution in [0.25, 0.3) is 0 Å². The number of nitrogens with one attached hydrogen (secondary N) is 1. The van der Waals surface area contributed by atoms with Crippen LogP contribution < -0.4 is 5.32 Å². The lowest BCUT2D eigenvalue weighted by molar-refractivity contribution is -0.137. The Kier molecular flexibility index (Phi) is 4.52. The van der Waals surface area contributed by atoms with Gasteiger partial charge in [-0.05, 0) is 31.7 Å². The maximum atomic E-state index is 12.6. The van der Waals surface area contributed by atoms with Crippen molar-refractivity contribution in [2.75, 3.05) is 7.05 Å². The Morgan fingerprint density at radius 1 is 1.23 bits per heavy atom. The molecule has 2 N–H and O–H groups in total. The third kappa shape index (κ3) is 3.28. The average Bonchev–Trinajstić information content (AvgIpc) is 2.98. The second-order valence-electron chi connectivity index (χ2n) is 5.10. The zero-order chi connectivity index (χ0) is 16.4. The van der Waals surface area contributed by atoms with Gasteiger partial charge >= 0.3 is 6.18 Å². The highest BCUT2D eigenvalue weighted by Gasteiger charge is 2.37. The van der Waals surface area contributed by atoms with E-state index in [1.54, 1.807) is 14.0 Å². The Hall–Kier alpha value is -1.93. The Morgan fingerprint density at radius 2 is 1.82 bits per heavy atom. The number of alkyl halides is 3. The van der Waals surface area contributed by atoms with Crippen molar-refractivity contribution in [2.24, 2.45) is 0 Å². The number of likely N-dealkylation sites (N-methyl/N-ethyl adjacent to an activating group) is 1. The molecule has 2 unspecified atom stereocenters. The van der Waals surface area contributed by atoms with Crippen molar-refractivity contribution < 1.29 is 18.3 Å². The minimum atomic E-state index is -4.41. The predicted octanol–water partition coefficient (Wildman–Crippen LogP) is 1.79. The first-order valence-electron chi connectivity index (χ1n) is 6.67. The third-order valence-corrected chi connectivity index (χ3v) is 3.73. The largest absolute Gasteiger partial charge is 0.416 e. The van der Waals surface area contributed by atoms with Gasteiger partial charge in [0.05, 0.1) is 12.1 Å². The number of aromatic nitrogens is 3. The summed E-state index contributed by atoms with van der Waals surface area (Å²) in [6, 6.07) is 4.09. The monoisotopic (exact) mass is 314 g/mol. The van der Waals surface area contributed by atoms with Gasteiger partial charge in [-0.1, -0.05) is 12.1 Å². The molecule has 0 saturated heterocycles. The van der Waals surface area contributed by atoms with E-state index in [0.717, 1.165) is 12.1 Å². The van der Waals surface area contributed by atoms with Crippen LogP contribution in [0, 0.1) is 0 Å². The molecule has 2 rings (SSSR count). The zero-order valence-corrected chi connectivity index (χ0v) is 12.2. The van der Waals surface area contributed by atoms with Gasteiger partial charge in [0.15, 0.2) is 0 Å². The van der Waals surface area contributed by atoms with Crippen molar-refractivity contribution in [3.8, 4) is 0 Å². The fourth-order valence-electron chi connectivity index (χ4n) is 2.23. The lowest BCUT2D eigenvalue weighted by Crippen LogP contribution is -2.48. The summed E-state index contributed by atoms with van der Waals surface area (Å²) in [4.78, 5) is 3.80. The van der Waals surface area contributed by atoms with E-state index < -0.39 is 23.4 Å². The predicted molar refractivity (Wildman–Crippen MR) is 73.9 cm³/mol. The first-order valence-corrected chi connectivity index (χ1v) is 6.67. The molecule has 5 nitrogen and oxygen atoms in total. The van der Waals surface area contributed by atoms with Gasteiger partial charge in [-0.15, -0.1) is 0 Å². The SMILES string of the molecule is CNC(C)C(O)(Cn1cncn1)c1ccc(C(F)(F)F)cc1. The van der Waals surface area contributed by atoms with Crippen LogP contribution in [-0.2, 0) is 18.3 Å². The van der Waals surface area contributed by atoms with Crippen LogP contribution in [0.4, 0.5) is 13.2 Å². The van der Waals surface area contributed by atoms with Gasteiger partial charge in [-0.2, -0.15) is 18.3 Å². The van der Waals surface area contributed by atoms with Crippen LogP contribution in [0.1, 0.15) is 18.1 Å². The molecule has 0 aliphatic heterocycles. The van der Waals surface area contributed by atoms with E-state index in [9.17, 15) is 18.3 Å².